The van der Waals surface area contributed by atoms with Crippen LogP contribution in [-0.4, -0.2) is 69.1 Å². The third kappa shape index (κ3) is 13.8. The van der Waals surface area contributed by atoms with Crippen LogP contribution in [0.1, 0.15) is 46.4 Å². The first-order valence-electron chi connectivity index (χ1n) is 8.96. The van der Waals surface area contributed by atoms with E-state index in [-0.39, 0.29) is 25.0 Å². The Morgan fingerprint density at radius 2 is 1.59 bits per heavy atom. The number of carbonyl (C=O) groups excluding carboxylic acids is 1. The lowest BCUT2D eigenvalue weighted by Crippen LogP contribution is -2.26. The van der Waals surface area contributed by atoms with Crippen LogP contribution < -0.4 is 11.5 Å². The number of esters is 1. The molecule has 0 saturated carbocycles. The quantitative estimate of drug-likeness (QED) is 0.298. The van der Waals surface area contributed by atoms with Crippen LogP contribution >= 0.6 is 0 Å². The van der Waals surface area contributed by atoms with E-state index in [1.807, 2.05) is 26.0 Å². The maximum Gasteiger partial charge on any atom is 0.338 e. The minimum Gasteiger partial charge on any atom is -0.478 e. The maximum absolute atomic E-state index is 11.7. The smallest absolute Gasteiger partial charge is 0.338 e. The Morgan fingerprint density at radius 1 is 1.04 bits per heavy atom. The fourth-order valence-corrected chi connectivity index (χ4v) is 1.92. The first kappa shape index (κ1) is 25.0. The molecule has 8 heteroatoms. The van der Waals surface area contributed by atoms with Gasteiger partial charge in [0.25, 0.3) is 0 Å². The standard InChI is InChI=1S/C16H24N2O5.C3H9N/c17-9-3-1-2-4-14(18)22-10-11-23-16(21)13-7-5-12(6-8-13)15(19)20;1-4(2)3/h5-8,14H,1-4,9-11,17-18H2,(H,19,20);1-3H3. The SMILES string of the molecule is CN(C)C.NCCCCCC(N)OCCOC(=O)c1ccc(C(=O)O)cc1. The zero-order chi connectivity index (χ0) is 20.7. The molecular formula is C19H33N3O5. The van der Waals surface area contributed by atoms with Crippen molar-refractivity contribution in [1.29, 1.82) is 0 Å². The van der Waals surface area contributed by atoms with E-state index in [4.69, 9.17) is 26.0 Å². The molecule has 0 radical (unpaired) electrons. The molecule has 5 N–H and O–H groups in total. The second kappa shape index (κ2) is 15.1. The first-order valence-corrected chi connectivity index (χ1v) is 8.96. The number of hydrogen-bond acceptors (Lipinski definition) is 7. The molecule has 0 amide bonds. The van der Waals surface area contributed by atoms with Crippen LogP contribution in [0.3, 0.4) is 0 Å². The van der Waals surface area contributed by atoms with Crippen LogP contribution in [-0.2, 0) is 9.47 Å². The molecule has 0 aromatic heterocycles. The Kier molecular flexibility index (Phi) is 14.0. The number of nitrogens with two attached hydrogens (primary N) is 2. The molecule has 154 valence electrons. The Hall–Kier alpha value is -2.00. The Morgan fingerprint density at radius 3 is 2.11 bits per heavy atom. The van der Waals surface area contributed by atoms with Gasteiger partial charge < -0.3 is 30.9 Å². The van der Waals surface area contributed by atoms with Crippen LogP contribution in [0.4, 0.5) is 0 Å². The summed E-state index contributed by atoms with van der Waals surface area (Å²) in [6.45, 7) is 0.993. The topological polar surface area (TPSA) is 128 Å². The van der Waals surface area contributed by atoms with E-state index < -0.39 is 11.9 Å². The average molecular weight is 383 g/mol. The molecule has 0 bridgehead atoms. The molecular weight excluding hydrogens is 350 g/mol. The minimum absolute atomic E-state index is 0.0933. The molecule has 0 saturated heterocycles. The van der Waals surface area contributed by atoms with E-state index in [9.17, 15) is 9.59 Å². The molecule has 27 heavy (non-hydrogen) atoms. The molecule has 1 atom stereocenters. The van der Waals surface area contributed by atoms with Crippen molar-refractivity contribution >= 4 is 11.9 Å². The number of carboxylic acid groups (broad SMARTS) is 1. The molecule has 1 aromatic rings. The van der Waals surface area contributed by atoms with Gasteiger partial charge in [0.05, 0.1) is 17.7 Å². The molecule has 0 fully saturated rings. The van der Waals surface area contributed by atoms with Crippen molar-refractivity contribution in [3.05, 3.63) is 35.4 Å². The zero-order valence-electron chi connectivity index (χ0n) is 16.5. The summed E-state index contributed by atoms with van der Waals surface area (Å²) in [5.41, 5.74) is 11.6. The highest BCUT2D eigenvalue weighted by atomic mass is 16.6. The lowest BCUT2D eigenvalue weighted by molar-refractivity contribution is 0.00609. The Labute approximate surface area is 161 Å². The number of nitrogens with zero attached hydrogens (tertiary/aromatic N) is 1. The van der Waals surface area contributed by atoms with Gasteiger partial charge >= 0.3 is 11.9 Å². The third-order valence-corrected chi connectivity index (χ3v) is 3.21. The number of hydrogen-bond donors (Lipinski definition) is 3. The zero-order valence-corrected chi connectivity index (χ0v) is 16.5. The van der Waals surface area contributed by atoms with Gasteiger partial charge in [-0.2, -0.15) is 0 Å². The fraction of sp³-hybridized carbons (Fsp3) is 0.579. The summed E-state index contributed by atoms with van der Waals surface area (Å²) in [6, 6.07) is 5.53. The van der Waals surface area contributed by atoms with E-state index in [0.29, 0.717) is 12.1 Å². The van der Waals surface area contributed by atoms with Gasteiger partial charge in [0.15, 0.2) is 0 Å². The van der Waals surface area contributed by atoms with Crippen LogP contribution in [0.2, 0.25) is 0 Å². The maximum atomic E-state index is 11.7. The van der Waals surface area contributed by atoms with Crippen LogP contribution in [0.15, 0.2) is 24.3 Å². The highest BCUT2D eigenvalue weighted by molar-refractivity contribution is 5.92. The second-order valence-corrected chi connectivity index (χ2v) is 6.41. The van der Waals surface area contributed by atoms with Crippen molar-refractivity contribution in [2.24, 2.45) is 11.5 Å². The normalized spacial score (nSPS) is 11.5. The first-order chi connectivity index (χ1) is 12.8. The molecule has 0 aliphatic heterocycles. The van der Waals surface area contributed by atoms with Gasteiger partial charge in [0.1, 0.15) is 12.8 Å². The van der Waals surface area contributed by atoms with Crippen molar-refractivity contribution in [2.75, 3.05) is 40.9 Å². The van der Waals surface area contributed by atoms with Crippen molar-refractivity contribution in [1.82, 2.24) is 4.90 Å². The van der Waals surface area contributed by atoms with Gasteiger partial charge in [0, 0.05) is 0 Å². The van der Waals surface area contributed by atoms with Crippen LogP contribution in [0.5, 0.6) is 0 Å². The molecule has 1 rings (SSSR count). The molecule has 0 spiro atoms. The van der Waals surface area contributed by atoms with E-state index in [1.165, 1.54) is 24.3 Å². The second-order valence-electron chi connectivity index (χ2n) is 6.41. The number of carbonyl (C=O) groups is 2. The summed E-state index contributed by atoms with van der Waals surface area (Å²) in [6.07, 6.45) is 3.32. The Bertz CT molecular complexity index is 532. The van der Waals surface area contributed by atoms with E-state index in [0.717, 1.165) is 25.7 Å². The van der Waals surface area contributed by atoms with Crippen molar-refractivity contribution in [3.63, 3.8) is 0 Å². The summed E-state index contributed by atoms with van der Waals surface area (Å²) < 4.78 is 10.4. The highest BCUT2D eigenvalue weighted by Crippen LogP contribution is 2.06. The van der Waals surface area contributed by atoms with Gasteiger partial charge in [0.2, 0.25) is 0 Å². The summed E-state index contributed by atoms with van der Waals surface area (Å²) >= 11 is 0. The van der Waals surface area contributed by atoms with E-state index >= 15 is 0 Å². The summed E-state index contributed by atoms with van der Waals surface area (Å²) in [4.78, 5) is 24.5. The molecule has 1 unspecified atom stereocenters. The average Bonchev–Trinajstić information content (AvgIpc) is 2.62. The number of carboxylic acids is 1. The van der Waals surface area contributed by atoms with E-state index in [1.54, 1.807) is 0 Å². The number of benzene rings is 1. The van der Waals surface area contributed by atoms with Gasteiger partial charge in [-0.15, -0.1) is 0 Å². The summed E-state index contributed by atoms with van der Waals surface area (Å²) in [5, 5.41) is 8.78. The van der Waals surface area contributed by atoms with Gasteiger partial charge in [-0.25, -0.2) is 9.59 Å². The number of aromatic carboxylic acids is 1. The van der Waals surface area contributed by atoms with Crippen LogP contribution in [0, 0.1) is 0 Å². The predicted molar refractivity (Wildman–Crippen MR) is 105 cm³/mol. The molecule has 8 nitrogen and oxygen atoms in total. The van der Waals surface area contributed by atoms with Crippen molar-refractivity contribution in [2.45, 2.75) is 31.9 Å². The lowest BCUT2D eigenvalue weighted by atomic mass is 10.1. The number of unbranched alkanes of at least 4 members (excludes halogenated alkanes) is 2. The largest absolute Gasteiger partial charge is 0.478 e. The molecule has 1 aromatic carbocycles. The van der Waals surface area contributed by atoms with E-state index in [2.05, 4.69) is 0 Å². The third-order valence-electron chi connectivity index (χ3n) is 3.21. The Balaban J connectivity index is 0.00000153. The molecule has 0 heterocycles. The highest BCUT2D eigenvalue weighted by Gasteiger charge is 2.09. The summed E-state index contributed by atoms with van der Waals surface area (Å²) in [7, 11) is 6.00. The molecule has 0 aliphatic carbocycles. The number of rotatable bonds is 11. The number of ether oxygens (including phenoxy) is 2. The minimum atomic E-state index is -1.04. The van der Waals surface area contributed by atoms with Gasteiger partial charge in [-0.05, 0) is 71.2 Å². The monoisotopic (exact) mass is 383 g/mol. The molecule has 0 aliphatic rings. The predicted octanol–water partition coefficient (Wildman–Crippen LogP) is 1.54. The fourth-order valence-electron chi connectivity index (χ4n) is 1.92. The lowest BCUT2D eigenvalue weighted by Gasteiger charge is -2.13. The van der Waals surface area contributed by atoms with Crippen LogP contribution in [0.25, 0.3) is 0 Å². The van der Waals surface area contributed by atoms with Crippen molar-refractivity contribution < 1.29 is 24.2 Å². The van der Waals surface area contributed by atoms with Gasteiger partial charge in [-0.1, -0.05) is 6.42 Å². The van der Waals surface area contributed by atoms with Gasteiger partial charge in [-0.3, -0.25) is 0 Å². The van der Waals surface area contributed by atoms with Crippen molar-refractivity contribution in [3.8, 4) is 0 Å². The summed E-state index contributed by atoms with van der Waals surface area (Å²) in [5.74, 6) is -1.57.